The molecule has 2 atom stereocenters. The zero-order valence-corrected chi connectivity index (χ0v) is 12.4. The van der Waals surface area contributed by atoms with Crippen LogP contribution >= 0.6 is 11.8 Å². The highest BCUT2D eigenvalue weighted by molar-refractivity contribution is 7.99. The van der Waals surface area contributed by atoms with Gasteiger partial charge in [0.2, 0.25) is 0 Å². The topological polar surface area (TPSA) is 84.9 Å². The van der Waals surface area contributed by atoms with Crippen molar-refractivity contribution < 1.29 is 24.2 Å². The largest absolute Gasteiger partial charge is 0.482 e. The van der Waals surface area contributed by atoms with Crippen LogP contribution in [0.1, 0.15) is 17.9 Å². The summed E-state index contributed by atoms with van der Waals surface area (Å²) in [5, 5.41) is 12.0. The van der Waals surface area contributed by atoms with Gasteiger partial charge in [-0.1, -0.05) is 12.1 Å². The molecular weight excluding hydrogens is 294 g/mol. The zero-order chi connectivity index (χ0) is 15.2. The number of aliphatic carboxylic acids is 1. The van der Waals surface area contributed by atoms with Gasteiger partial charge in [0, 0.05) is 5.75 Å². The molecule has 1 saturated heterocycles. The molecule has 1 heterocycles. The molecule has 7 heteroatoms. The zero-order valence-electron chi connectivity index (χ0n) is 11.6. The van der Waals surface area contributed by atoms with Crippen molar-refractivity contribution in [3.63, 3.8) is 0 Å². The minimum absolute atomic E-state index is 0.0368. The van der Waals surface area contributed by atoms with Crippen molar-refractivity contribution in [1.29, 1.82) is 0 Å². The van der Waals surface area contributed by atoms with E-state index in [4.69, 9.17) is 14.6 Å². The van der Waals surface area contributed by atoms with Crippen molar-refractivity contribution >= 4 is 23.7 Å². The van der Waals surface area contributed by atoms with Crippen LogP contribution in [0.25, 0.3) is 0 Å². The molecule has 21 heavy (non-hydrogen) atoms. The van der Waals surface area contributed by atoms with E-state index in [2.05, 4.69) is 5.32 Å². The second-order valence-corrected chi connectivity index (χ2v) is 5.57. The Hall–Kier alpha value is -1.73. The van der Waals surface area contributed by atoms with Crippen molar-refractivity contribution in [3.05, 3.63) is 29.8 Å². The summed E-state index contributed by atoms with van der Waals surface area (Å²) in [5.41, 5.74) is 0.979. The Morgan fingerprint density at radius 3 is 2.67 bits per heavy atom. The number of nitrogens with one attached hydrogen (secondary N) is 1. The number of carboxylic acids is 1. The lowest BCUT2D eigenvalue weighted by atomic mass is 10.2. The Morgan fingerprint density at radius 1 is 1.38 bits per heavy atom. The summed E-state index contributed by atoms with van der Waals surface area (Å²) in [7, 11) is 0. The Bertz CT molecular complexity index is 505. The third-order valence-corrected chi connectivity index (χ3v) is 4.19. The second-order valence-electron chi connectivity index (χ2n) is 4.43. The number of hydrogen-bond acceptors (Lipinski definition) is 6. The molecule has 2 N–H and O–H groups in total. The monoisotopic (exact) mass is 311 g/mol. The minimum Gasteiger partial charge on any atom is -0.482 e. The van der Waals surface area contributed by atoms with Crippen LogP contribution in [0.4, 0.5) is 0 Å². The Balaban J connectivity index is 1.88. The maximum atomic E-state index is 11.2. The van der Waals surface area contributed by atoms with Gasteiger partial charge in [-0.25, -0.2) is 4.79 Å². The summed E-state index contributed by atoms with van der Waals surface area (Å²) in [6.45, 7) is 1.95. The summed E-state index contributed by atoms with van der Waals surface area (Å²) < 4.78 is 10.1. The van der Waals surface area contributed by atoms with E-state index < -0.39 is 18.0 Å². The summed E-state index contributed by atoms with van der Waals surface area (Å²) in [6.07, 6.45) is 0. The first-order valence-corrected chi connectivity index (χ1v) is 7.64. The number of carbonyl (C=O) groups is 2. The van der Waals surface area contributed by atoms with Crippen LogP contribution in [0.5, 0.6) is 5.75 Å². The third-order valence-electron chi connectivity index (χ3n) is 2.93. The normalized spacial score (nSPS) is 21.0. The molecule has 6 nitrogen and oxygen atoms in total. The van der Waals surface area contributed by atoms with Gasteiger partial charge in [0.1, 0.15) is 11.8 Å². The summed E-state index contributed by atoms with van der Waals surface area (Å²) in [6, 6.07) is 6.71. The number of carbonyl (C=O) groups excluding carboxylic acids is 1. The van der Waals surface area contributed by atoms with Crippen molar-refractivity contribution in [2.75, 3.05) is 19.0 Å². The third kappa shape index (κ3) is 4.37. The number of ether oxygens (including phenoxy) is 2. The van der Waals surface area contributed by atoms with Crippen LogP contribution < -0.4 is 10.1 Å². The van der Waals surface area contributed by atoms with Crippen molar-refractivity contribution in [1.82, 2.24) is 5.32 Å². The van der Waals surface area contributed by atoms with Crippen molar-refractivity contribution in [2.24, 2.45) is 0 Å². The molecule has 1 aromatic carbocycles. The number of hydrogen-bond donors (Lipinski definition) is 2. The highest BCUT2D eigenvalue weighted by atomic mass is 32.2. The van der Waals surface area contributed by atoms with E-state index in [0.717, 1.165) is 5.56 Å². The number of thioether (sulfide) groups is 1. The molecule has 2 rings (SSSR count). The summed E-state index contributed by atoms with van der Waals surface area (Å²) >= 11 is 1.56. The van der Waals surface area contributed by atoms with Gasteiger partial charge in [0.05, 0.1) is 12.0 Å². The van der Waals surface area contributed by atoms with Gasteiger partial charge in [0.25, 0.3) is 0 Å². The molecule has 0 bridgehead atoms. The number of carboxylic acid groups (broad SMARTS) is 1. The first kappa shape index (κ1) is 15.7. The summed E-state index contributed by atoms with van der Waals surface area (Å²) in [5.74, 6) is -0.121. The lowest BCUT2D eigenvalue weighted by Gasteiger charge is -2.12. The molecule has 0 aliphatic carbocycles. The molecule has 1 aliphatic rings. The molecule has 1 fully saturated rings. The fraction of sp³-hybridized carbons (Fsp3) is 0.429. The van der Waals surface area contributed by atoms with E-state index in [1.807, 2.05) is 12.1 Å². The number of benzene rings is 1. The molecule has 0 amide bonds. The number of esters is 1. The number of rotatable bonds is 6. The maximum Gasteiger partial charge on any atom is 0.344 e. The molecule has 0 saturated carbocycles. The fourth-order valence-electron chi connectivity index (χ4n) is 1.89. The molecule has 0 unspecified atom stereocenters. The van der Waals surface area contributed by atoms with Gasteiger partial charge < -0.3 is 14.6 Å². The molecular formula is C14H17NO5S. The standard InChI is InChI=1S/C14H17NO5S/c1-2-19-12(16)7-20-10-5-3-9(4-6-10)13-15-11(8-21-13)14(17)18/h3-6,11,13,15H,2,7-8H2,1H3,(H,17,18)/t11-,13+/m0/s1. The van der Waals surface area contributed by atoms with Gasteiger partial charge in [-0.2, -0.15) is 0 Å². The molecule has 0 spiro atoms. The predicted molar refractivity (Wildman–Crippen MR) is 78.3 cm³/mol. The molecule has 0 radical (unpaired) electrons. The molecule has 114 valence electrons. The van der Waals surface area contributed by atoms with E-state index in [9.17, 15) is 9.59 Å². The average molecular weight is 311 g/mol. The van der Waals surface area contributed by atoms with Gasteiger partial charge in [-0.05, 0) is 24.6 Å². The van der Waals surface area contributed by atoms with Crippen LogP contribution in [-0.4, -0.2) is 42.1 Å². The average Bonchev–Trinajstić information content (AvgIpc) is 2.96. The Labute approximate surface area is 126 Å². The van der Waals surface area contributed by atoms with Crippen LogP contribution in [0.2, 0.25) is 0 Å². The lowest BCUT2D eigenvalue weighted by molar-refractivity contribution is -0.145. The Morgan fingerprint density at radius 2 is 2.10 bits per heavy atom. The predicted octanol–water partition coefficient (Wildman–Crippen LogP) is 1.42. The van der Waals surface area contributed by atoms with Crippen LogP contribution in [-0.2, 0) is 14.3 Å². The summed E-state index contributed by atoms with van der Waals surface area (Å²) in [4.78, 5) is 22.1. The van der Waals surface area contributed by atoms with E-state index in [-0.39, 0.29) is 12.0 Å². The van der Waals surface area contributed by atoms with Crippen molar-refractivity contribution in [2.45, 2.75) is 18.3 Å². The van der Waals surface area contributed by atoms with Crippen molar-refractivity contribution in [3.8, 4) is 5.75 Å². The molecule has 1 aromatic rings. The van der Waals surface area contributed by atoms with Gasteiger partial charge in [0.15, 0.2) is 6.61 Å². The smallest absolute Gasteiger partial charge is 0.344 e. The fourth-order valence-corrected chi connectivity index (χ4v) is 3.12. The van der Waals surface area contributed by atoms with Gasteiger partial charge in [-0.3, -0.25) is 10.1 Å². The first-order valence-electron chi connectivity index (χ1n) is 6.59. The quantitative estimate of drug-likeness (QED) is 0.768. The molecule has 0 aromatic heterocycles. The Kier molecular flexibility index (Phi) is 5.46. The van der Waals surface area contributed by atoms with Crippen LogP contribution in [0, 0.1) is 0 Å². The second kappa shape index (κ2) is 7.33. The van der Waals surface area contributed by atoms with E-state index in [1.54, 1.807) is 30.8 Å². The first-order chi connectivity index (χ1) is 10.1. The van der Waals surface area contributed by atoms with E-state index in [0.29, 0.717) is 18.1 Å². The van der Waals surface area contributed by atoms with Crippen LogP contribution in [0.15, 0.2) is 24.3 Å². The van der Waals surface area contributed by atoms with E-state index >= 15 is 0 Å². The van der Waals surface area contributed by atoms with Crippen LogP contribution in [0.3, 0.4) is 0 Å². The lowest BCUT2D eigenvalue weighted by Crippen LogP contribution is -2.33. The SMILES string of the molecule is CCOC(=O)COc1ccc([C@@H]2N[C@H](C(=O)O)CS2)cc1. The highest BCUT2D eigenvalue weighted by Crippen LogP contribution is 2.33. The minimum atomic E-state index is -0.834. The molecule has 1 aliphatic heterocycles. The van der Waals surface area contributed by atoms with E-state index in [1.165, 1.54) is 0 Å². The van der Waals surface area contributed by atoms with Gasteiger partial charge in [-0.15, -0.1) is 11.8 Å². The maximum absolute atomic E-state index is 11.2. The highest BCUT2D eigenvalue weighted by Gasteiger charge is 2.30. The van der Waals surface area contributed by atoms with Gasteiger partial charge >= 0.3 is 11.9 Å².